The molecule has 2 aromatic heterocycles. The zero-order chi connectivity index (χ0) is 16.7. The average molecular weight is 435 g/mol. The molecule has 0 saturated carbocycles. The third-order valence-corrected chi connectivity index (χ3v) is 5.27. The van der Waals surface area contributed by atoms with E-state index in [0.29, 0.717) is 0 Å². The molecule has 5 nitrogen and oxygen atoms in total. The molecule has 24 heavy (non-hydrogen) atoms. The summed E-state index contributed by atoms with van der Waals surface area (Å²) in [6.07, 6.45) is 3.99. The van der Waals surface area contributed by atoms with Crippen LogP contribution in [0.1, 0.15) is 25.1 Å². The molecule has 1 aliphatic heterocycles. The average Bonchev–Trinajstić information content (AvgIpc) is 2.94. The molecule has 0 aliphatic carbocycles. The molecule has 4 rings (SSSR count). The van der Waals surface area contributed by atoms with Crippen LogP contribution in [-0.2, 0) is 21.3 Å². The van der Waals surface area contributed by atoms with Gasteiger partial charge in [-0.1, -0.05) is 30.3 Å². The maximum absolute atomic E-state index is 5.90. The second-order valence-electron chi connectivity index (χ2n) is 6.31. The van der Waals surface area contributed by atoms with Gasteiger partial charge in [-0.2, -0.15) is 5.10 Å². The van der Waals surface area contributed by atoms with Crippen LogP contribution in [0.2, 0.25) is 0 Å². The SMILES string of the molecule is CC1OC(C(C)(Cc2ccccc2)c2ccnc3c(I)cnn23)O1. The maximum atomic E-state index is 5.90. The van der Waals surface area contributed by atoms with Gasteiger partial charge < -0.3 is 9.47 Å². The molecular weight excluding hydrogens is 417 g/mol. The van der Waals surface area contributed by atoms with Crippen LogP contribution in [0.3, 0.4) is 0 Å². The highest BCUT2D eigenvalue weighted by molar-refractivity contribution is 14.1. The molecule has 0 radical (unpaired) electrons. The lowest BCUT2D eigenvalue weighted by Gasteiger charge is -2.45. The van der Waals surface area contributed by atoms with Crippen LogP contribution in [0.15, 0.2) is 48.8 Å². The Bertz CT molecular complexity index is 861. The molecule has 124 valence electrons. The van der Waals surface area contributed by atoms with Crippen molar-refractivity contribution in [2.75, 3.05) is 0 Å². The predicted octanol–water partition coefficient (Wildman–Crippen LogP) is 3.55. The van der Waals surface area contributed by atoms with Crippen molar-refractivity contribution >= 4 is 28.2 Å². The van der Waals surface area contributed by atoms with Gasteiger partial charge in [0.1, 0.15) is 0 Å². The summed E-state index contributed by atoms with van der Waals surface area (Å²) in [6.45, 7) is 4.08. The van der Waals surface area contributed by atoms with Gasteiger partial charge in [0.05, 0.1) is 20.9 Å². The van der Waals surface area contributed by atoms with E-state index in [1.807, 2.05) is 36.0 Å². The lowest BCUT2D eigenvalue weighted by atomic mass is 9.79. The van der Waals surface area contributed by atoms with Crippen LogP contribution in [0.5, 0.6) is 0 Å². The Hall–Kier alpha value is -1.51. The van der Waals surface area contributed by atoms with Gasteiger partial charge in [-0.3, -0.25) is 0 Å². The van der Waals surface area contributed by atoms with E-state index in [2.05, 4.69) is 63.9 Å². The predicted molar refractivity (Wildman–Crippen MR) is 98.6 cm³/mol. The molecule has 1 fully saturated rings. The quantitative estimate of drug-likeness (QED) is 0.589. The third-order valence-electron chi connectivity index (χ3n) is 4.51. The number of ether oxygens (including phenoxy) is 2. The molecule has 1 saturated heterocycles. The van der Waals surface area contributed by atoms with E-state index in [-0.39, 0.29) is 18.0 Å². The third kappa shape index (κ3) is 2.62. The minimum absolute atomic E-state index is 0.166. The Balaban J connectivity index is 1.82. The first kappa shape index (κ1) is 16.0. The molecule has 3 aromatic rings. The summed E-state index contributed by atoms with van der Waals surface area (Å²) in [5.41, 5.74) is 2.76. The molecule has 1 atom stereocenters. The first-order valence-corrected chi connectivity index (χ1v) is 8.99. The highest BCUT2D eigenvalue weighted by Gasteiger charge is 2.46. The van der Waals surface area contributed by atoms with E-state index < -0.39 is 0 Å². The Labute approximate surface area is 154 Å². The summed E-state index contributed by atoms with van der Waals surface area (Å²) in [4.78, 5) is 4.45. The lowest BCUT2D eigenvalue weighted by Crippen LogP contribution is -2.53. The summed E-state index contributed by atoms with van der Waals surface area (Å²) >= 11 is 2.26. The van der Waals surface area contributed by atoms with Crippen LogP contribution in [-0.4, -0.2) is 27.2 Å². The number of fused-ring (bicyclic) bond motifs is 1. The van der Waals surface area contributed by atoms with E-state index in [9.17, 15) is 0 Å². The first-order chi connectivity index (χ1) is 11.6. The molecule has 0 N–H and O–H groups in total. The van der Waals surface area contributed by atoms with Crippen molar-refractivity contribution in [2.24, 2.45) is 0 Å². The van der Waals surface area contributed by atoms with Gasteiger partial charge in [0.25, 0.3) is 0 Å². The fraction of sp³-hybridized carbons (Fsp3) is 0.333. The summed E-state index contributed by atoms with van der Waals surface area (Å²) in [7, 11) is 0. The Morgan fingerprint density at radius 3 is 2.67 bits per heavy atom. The number of nitrogens with zero attached hydrogens (tertiary/aromatic N) is 3. The fourth-order valence-electron chi connectivity index (χ4n) is 3.27. The molecule has 1 unspecified atom stereocenters. The summed E-state index contributed by atoms with van der Waals surface area (Å²) in [5.74, 6) is 0. The van der Waals surface area contributed by atoms with Crippen LogP contribution in [0, 0.1) is 3.57 Å². The number of rotatable bonds is 4. The van der Waals surface area contributed by atoms with Gasteiger partial charge in [0, 0.05) is 6.20 Å². The monoisotopic (exact) mass is 435 g/mol. The van der Waals surface area contributed by atoms with Crippen LogP contribution in [0.25, 0.3) is 5.65 Å². The van der Waals surface area contributed by atoms with Crippen LogP contribution < -0.4 is 0 Å². The van der Waals surface area contributed by atoms with E-state index in [0.717, 1.165) is 21.3 Å². The van der Waals surface area contributed by atoms with Gasteiger partial charge in [-0.15, -0.1) is 0 Å². The normalized spacial score (nSPS) is 23.0. The minimum atomic E-state index is -0.371. The van der Waals surface area contributed by atoms with E-state index in [1.54, 1.807) is 0 Å². The molecule has 0 amide bonds. The number of hydrogen-bond donors (Lipinski definition) is 0. The highest BCUT2D eigenvalue weighted by Crippen LogP contribution is 2.39. The molecule has 1 aliphatic rings. The van der Waals surface area contributed by atoms with E-state index >= 15 is 0 Å². The second-order valence-corrected chi connectivity index (χ2v) is 7.47. The molecule has 3 heterocycles. The Kier molecular flexibility index (Phi) is 4.06. The van der Waals surface area contributed by atoms with Gasteiger partial charge in [-0.25, -0.2) is 9.50 Å². The smallest absolute Gasteiger partial charge is 0.174 e. The topological polar surface area (TPSA) is 48.7 Å². The molecule has 6 heteroatoms. The van der Waals surface area contributed by atoms with Crippen molar-refractivity contribution in [2.45, 2.75) is 38.3 Å². The van der Waals surface area contributed by atoms with E-state index in [1.165, 1.54) is 5.56 Å². The fourth-order valence-corrected chi connectivity index (χ4v) is 3.76. The second kappa shape index (κ2) is 6.09. The van der Waals surface area contributed by atoms with Crippen LogP contribution >= 0.6 is 22.6 Å². The number of aromatic nitrogens is 3. The number of halogens is 1. The summed E-state index contributed by atoms with van der Waals surface area (Å²) in [5, 5.41) is 4.52. The van der Waals surface area contributed by atoms with Crippen molar-refractivity contribution in [3.05, 3.63) is 63.6 Å². The van der Waals surface area contributed by atoms with Gasteiger partial charge >= 0.3 is 0 Å². The Morgan fingerprint density at radius 2 is 1.96 bits per heavy atom. The van der Waals surface area contributed by atoms with Crippen LogP contribution in [0.4, 0.5) is 0 Å². The van der Waals surface area contributed by atoms with Crippen molar-refractivity contribution in [1.29, 1.82) is 0 Å². The highest BCUT2D eigenvalue weighted by atomic mass is 127. The number of benzene rings is 1. The standard InChI is InChI=1S/C18H18IN3O2/c1-12-23-17(24-12)18(2,10-13-6-4-3-5-7-13)15-8-9-20-16-14(19)11-21-22(15)16/h3-9,11-12,17H,10H2,1-2H3. The minimum Gasteiger partial charge on any atom is -0.323 e. The van der Waals surface area contributed by atoms with Crippen molar-refractivity contribution < 1.29 is 9.47 Å². The van der Waals surface area contributed by atoms with Gasteiger partial charge in [-0.05, 0) is 54.5 Å². The zero-order valence-corrected chi connectivity index (χ0v) is 15.7. The van der Waals surface area contributed by atoms with Crippen molar-refractivity contribution in [3.8, 4) is 0 Å². The lowest BCUT2D eigenvalue weighted by molar-refractivity contribution is -0.396. The molecule has 0 bridgehead atoms. The maximum Gasteiger partial charge on any atom is 0.174 e. The van der Waals surface area contributed by atoms with Crippen molar-refractivity contribution in [1.82, 2.24) is 14.6 Å². The summed E-state index contributed by atoms with van der Waals surface area (Å²) in [6, 6.07) is 12.4. The zero-order valence-electron chi connectivity index (χ0n) is 13.5. The van der Waals surface area contributed by atoms with Crippen molar-refractivity contribution in [3.63, 3.8) is 0 Å². The molecular formula is C18H18IN3O2. The Morgan fingerprint density at radius 1 is 1.21 bits per heavy atom. The van der Waals surface area contributed by atoms with Gasteiger partial charge in [0.2, 0.25) is 0 Å². The summed E-state index contributed by atoms with van der Waals surface area (Å²) < 4.78 is 14.7. The first-order valence-electron chi connectivity index (χ1n) is 7.91. The number of hydrogen-bond acceptors (Lipinski definition) is 4. The largest absolute Gasteiger partial charge is 0.323 e. The van der Waals surface area contributed by atoms with Gasteiger partial charge in [0.15, 0.2) is 18.2 Å². The molecule has 1 aromatic carbocycles. The molecule has 0 spiro atoms. The van der Waals surface area contributed by atoms with E-state index in [4.69, 9.17) is 9.47 Å².